The van der Waals surface area contributed by atoms with E-state index in [1.54, 1.807) is 19.1 Å². The number of benzene rings is 2. The molecule has 7 heteroatoms. The molecule has 2 rings (SSSR count). The van der Waals surface area contributed by atoms with Crippen LogP contribution in [-0.2, 0) is 5.60 Å². The molecule has 0 saturated heterocycles. The van der Waals surface area contributed by atoms with Crippen LogP contribution in [0.15, 0.2) is 42.5 Å². The van der Waals surface area contributed by atoms with Gasteiger partial charge >= 0.3 is 5.69 Å². The Bertz CT molecular complexity index is 720. The van der Waals surface area contributed by atoms with Gasteiger partial charge in [-0.2, -0.15) is 4.39 Å². The van der Waals surface area contributed by atoms with Crippen LogP contribution in [0.2, 0.25) is 0 Å². The number of nitro groups is 1. The Kier molecular flexibility index (Phi) is 5.35. The topological polar surface area (TPSA) is 84.6 Å². The number of methoxy groups -OCH3 is 1. The molecule has 0 spiro atoms. The van der Waals surface area contributed by atoms with Gasteiger partial charge in [0.05, 0.1) is 17.6 Å². The highest BCUT2D eigenvalue weighted by molar-refractivity contribution is 5.65. The zero-order valence-corrected chi connectivity index (χ0v) is 13.5. The highest BCUT2D eigenvalue weighted by Gasteiger charge is 2.25. The van der Waals surface area contributed by atoms with Crippen LogP contribution in [0, 0.1) is 15.9 Å². The van der Waals surface area contributed by atoms with Crippen molar-refractivity contribution in [2.24, 2.45) is 0 Å². The van der Waals surface area contributed by atoms with Crippen LogP contribution in [0.5, 0.6) is 5.75 Å². The fraction of sp³-hybridized carbons (Fsp3) is 0.294. The summed E-state index contributed by atoms with van der Waals surface area (Å²) in [6.07, 6.45) is 0.285. The molecule has 1 unspecified atom stereocenters. The molecule has 0 aliphatic carbocycles. The number of hydrogen-bond donors (Lipinski definition) is 2. The second-order valence-corrected chi connectivity index (χ2v) is 5.58. The Labute approximate surface area is 139 Å². The number of nitrogens with one attached hydrogen (secondary N) is 1. The van der Waals surface area contributed by atoms with E-state index in [1.807, 2.05) is 18.2 Å². The predicted molar refractivity (Wildman–Crippen MR) is 88.7 cm³/mol. The van der Waals surface area contributed by atoms with Gasteiger partial charge in [-0.1, -0.05) is 30.3 Å². The second-order valence-electron chi connectivity index (χ2n) is 5.58. The number of aliphatic hydroxyl groups is 1. The summed E-state index contributed by atoms with van der Waals surface area (Å²) in [5.41, 5.74) is -1.01. The minimum absolute atomic E-state index is 0.0145. The SMILES string of the molecule is COc1cc(F)c([N+](=O)[O-])c(NCCC(C)(O)c2ccccc2)c1. The minimum Gasteiger partial charge on any atom is -0.497 e. The van der Waals surface area contributed by atoms with E-state index >= 15 is 0 Å². The van der Waals surface area contributed by atoms with Crippen molar-refractivity contribution < 1.29 is 19.2 Å². The van der Waals surface area contributed by atoms with E-state index in [2.05, 4.69) is 5.32 Å². The number of nitro benzene ring substituents is 1. The first-order valence-corrected chi connectivity index (χ1v) is 7.39. The highest BCUT2D eigenvalue weighted by Crippen LogP contribution is 2.33. The summed E-state index contributed by atoms with van der Waals surface area (Å²) in [6.45, 7) is 1.87. The molecule has 0 saturated carbocycles. The molecule has 0 aliphatic rings. The van der Waals surface area contributed by atoms with Crippen molar-refractivity contribution in [2.75, 3.05) is 19.0 Å². The van der Waals surface area contributed by atoms with Gasteiger partial charge in [0.25, 0.3) is 0 Å². The molecule has 1 atom stereocenters. The first kappa shape index (κ1) is 17.7. The van der Waals surface area contributed by atoms with Gasteiger partial charge in [-0.25, -0.2) is 0 Å². The molecule has 0 amide bonds. The lowest BCUT2D eigenvalue weighted by Crippen LogP contribution is -2.24. The van der Waals surface area contributed by atoms with Gasteiger partial charge in [-0.15, -0.1) is 0 Å². The molecule has 24 heavy (non-hydrogen) atoms. The summed E-state index contributed by atoms with van der Waals surface area (Å²) >= 11 is 0. The molecule has 2 N–H and O–H groups in total. The zero-order chi connectivity index (χ0) is 17.7. The van der Waals surface area contributed by atoms with Crippen LogP contribution in [0.3, 0.4) is 0 Å². The summed E-state index contributed by atoms with van der Waals surface area (Å²) in [7, 11) is 1.35. The average Bonchev–Trinajstić information content (AvgIpc) is 2.54. The van der Waals surface area contributed by atoms with Crippen LogP contribution in [-0.4, -0.2) is 23.7 Å². The largest absolute Gasteiger partial charge is 0.497 e. The maximum Gasteiger partial charge on any atom is 0.327 e. The second kappa shape index (κ2) is 7.27. The molecule has 2 aromatic carbocycles. The van der Waals surface area contributed by atoms with E-state index < -0.39 is 22.0 Å². The number of nitrogens with zero attached hydrogens (tertiary/aromatic N) is 1. The van der Waals surface area contributed by atoms with Gasteiger partial charge in [0.1, 0.15) is 11.4 Å². The van der Waals surface area contributed by atoms with Gasteiger partial charge in [-0.3, -0.25) is 10.1 Å². The van der Waals surface area contributed by atoms with Crippen LogP contribution in [0.25, 0.3) is 0 Å². The molecule has 0 fully saturated rings. The van der Waals surface area contributed by atoms with E-state index in [9.17, 15) is 19.6 Å². The van der Waals surface area contributed by atoms with Crippen LogP contribution < -0.4 is 10.1 Å². The first-order chi connectivity index (χ1) is 11.3. The summed E-state index contributed by atoms with van der Waals surface area (Å²) in [5.74, 6) is -0.799. The first-order valence-electron chi connectivity index (χ1n) is 7.39. The number of ether oxygens (including phenoxy) is 1. The fourth-order valence-electron chi connectivity index (χ4n) is 2.39. The van der Waals surface area contributed by atoms with Crippen molar-refractivity contribution in [1.82, 2.24) is 0 Å². The number of rotatable bonds is 7. The molecule has 0 aromatic heterocycles. The average molecular weight is 334 g/mol. The van der Waals surface area contributed by atoms with Crippen LogP contribution >= 0.6 is 0 Å². The van der Waals surface area contributed by atoms with E-state index in [1.165, 1.54) is 13.2 Å². The maximum atomic E-state index is 13.9. The molecular weight excluding hydrogens is 315 g/mol. The standard InChI is InChI=1S/C17H19FN2O4/c1-17(21,12-6-4-3-5-7-12)8-9-19-15-11-13(24-2)10-14(18)16(15)20(22)23/h3-7,10-11,19,21H,8-9H2,1-2H3. The Hall–Kier alpha value is -2.67. The molecular formula is C17H19FN2O4. The van der Waals surface area contributed by atoms with Gasteiger partial charge in [0, 0.05) is 18.7 Å². The number of halogens is 1. The van der Waals surface area contributed by atoms with Crippen molar-refractivity contribution in [3.63, 3.8) is 0 Å². The third kappa shape index (κ3) is 3.99. The normalized spacial score (nSPS) is 13.2. The van der Waals surface area contributed by atoms with Crippen LogP contribution in [0.4, 0.5) is 15.8 Å². The van der Waals surface area contributed by atoms with E-state index in [0.29, 0.717) is 0 Å². The smallest absolute Gasteiger partial charge is 0.327 e. The Morgan fingerprint density at radius 3 is 2.58 bits per heavy atom. The molecule has 2 aromatic rings. The van der Waals surface area contributed by atoms with Crippen molar-refractivity contribution in [3.05, 3.63) is 64.0 Å². The van der Waals surface area contributed by atoms with Gasteiger partial charge in [0.2, 0.25) is 5.82 Å². The van der Waals surface area contributed by atoms with Crippen molar-refractivity contribution >= 4 is 11.4 Å². The minimum atomic E-state index is -1.11. The van der Waals surface area contributed by atoms with Gasteiger partial charge < -0.3 is 15.2 Å². The van der Waals surface area contributed by atoms with E-state index in [0.717, 1.165) is 11.6 Å². The molecule has 0 aliphatic heterocycles. The monoisotopic (exact) mass is 334 g/mol. The van der Waals surface area contributed by atoms with Crippen molar-refractivity contribution in [2.45, 2.75) is 18.9 Å². The summed E-state index contributed by atoms with van der Waals surface area (Å²) in [4.78, 5) is 10.3. The number of hydrogen-bond acceptors (Lipinski definition) is 5. The zero-order valence-electron chi connectivity index (χ0n) is 13.5. The lowest BCUT2D eigenvalue weighted by atomic mass is 9.92. The summed E-state index contributed by atoms with van der Waals surface area (Å²) in [5, 5.41) is 24.4. The molecule has 0 heterocycles. The summed E-state index contributed by atoms with van der Waals surface area (Å²) < 4.78 is 18.8. The van der Waals surface area contributed by atoms with Gasteiger partial charge in [-0.05, 0) is 18.9 Å². The molecule has 128 valence electrons. The van der Waals surface area contributed by atoms with E-state index in [4.69, 9.17) is 4.74 Å². The quantitative estimate of drug-likeness (QED) is 0.598. The molecule has 6 nitrogen and oxygen atoms in total. The Balaban J connectivity index is 2.14. The number of anilines is 1. The lowest BCUT2D eigenvalue weighted by molar-refractivity contribution is -0.386. The summed E-state index contributed by atoms with van der Waals surface area (Å²) in [6, 6.07) is 11.4. The third-order valence-electron chi connectivity index (χ3n) is 3.78. The third-order valence-corrected chi connectivity index (χ3v) is 3.78. The van der Waals surface area contributed by atoms with Crippen molar-refractivity contribution in [1.29, 1.82) is 0 Å². The maximum absolute atomic E-state index is 13.9. The Morgan fingerprint density at radius 2 is 2.00 bits per heavy atom. The Morgan fingerprint density at radius 1 is 1.33 bits per heavy atom. The highest BCUT2D eigenvalue weighted by atomic mass is 19.1. The lowest BCUT2D eigenvalue weighted by Gasteiger charge is -2.24. The predicted octanol–water partition coefficient (Wildman–Crippen LogP) is 3.45. The van der Waals surface area contributed by atoms with Crippen LogP contribution in [0.1, 0.15) is 18.9 Å². The fourth-order valence-corrected chi connectivity index (χ4v) is 2.39. The van der Waals surface area contributed by atoms with Gasteiger partial charge in [0.15, 0.2) is 0 Å². The van der Waals surface area contributed by atoms with Crippen molar-refractivity contribution in [3.8, 4) is 5.75 Å². The van der Waals surface area contributed by atoms with E-state index in [-0.39, 0.29) is 24.4 Å². The molecule has 0 radical (unpaired) electrons. The molecule has 0 bridgehead atoms.